The van der Waals surface area contributed by atoms with E-state index in [9.17, 15) is 14.1 Å². The van der Waals surface area contributed by atoms with Gasteiger partial charge in [-0.3, -0.25) is 4.98 Å². The van der Waals surface area contributed by atoms with Gasteiger partial charge >= 0.3 is 6.03 Å². The Morgan fingerprint density at radius 3 is 2.36 bits per heavy atom. The van der Waals surface area contributed by atoms with Crippen molar-refractivity contribution in [2.24, 2.45) is 9.50 Å². The predicted molar refractivity (Wildman–Crippen MR) is 108 cm³/mol. The Labute approximate surface area is 167 Å². The molecule has 2 aromatic rings. The fourth-order valence-corrected chi connectivity index (χ4v) is 5.78. The predicted octanol–water partition coefficient (Wildman–Crippen LogP) is 2.68. The number of carbonyl (C=O) groups excluding carboxylic acids is 1. The van der Waals surface area contributed by atoms with Gasteiger partial charge in [-0.2, -0.15) is 0 Å². The molecular formula is C18H23N5O3S2. The maximum absolute atomic E-state index is 12.8. The normalized spacial score (nSPS) is 17.7. The lowest BCUT2D eigenvalue weighted by atomic mass is 10.1. The van der Waals surface area contributed by atoms with Crippen LogP contribution in [0.1, 0.15) is 54.2 Å². The van der Waals surface area contributed by atoms with Crippen molar-refractivity contribution >= 4 is 33.0 Å². The Balaban J connectivity index is 1.65. The molecule has 0 saturated heterocycles. The first-order chi connectivity index (χ1) is 13.1. The zero-order chi connectivity index (χ0) is 20.1. The number of nitrogens with zero attached hydrogens (tertiary/aromatic N) is 3. The Bertz CT molecular complexity index is 1050. The molecule has 10 heteroatoms. The smallest absolute Gasteiger partial charge is 0.354 e. The number of aromatic nitrogens is 2. The molecular weight excluding hydrogens is 398 g/mol. The highest BCUT2D eigenvalue weighted by molar-refractivity contribution is 7.91. The van der Waals surface area contributed by atoms with Gasteiger partial charge in [0.1, 0.15) is 10.6 Å². The highest BCUT2D eigenvalue weighted by atomic mass is 32.2. The minimum atomic E-state index is -3.51. The number of pyridine rings is 1. The standard InChI is InChI=1S/C18H23N5O3S2/c1-18(2,25)16-21-14(9-27-16)28(19,26)23-17(24)22-15-10-5-3-7-12(10)20-13-8-4-6-11(13)15/h9,25H,3-8H2,1-2H3,(H3,19,20,22,23,24,26)/t28-/m1/s1. The molecule has 0 fully saturated rings. The van der Waals surface area contributed by atoms with Gasteiger partial charge in [0.05, 0.1) is 5.69 Å². The van der Waals surface area contributed by atoms with E-state index >= 15 is 0 Å². The van der Waals surface area contributed by atoms with E-state index in [-0.39, 0.29) is 5.03 Å². The monoisotopic (exact) mass is 421 g/mol. The van der Waals surface area contributed by atoms with E-state index in [0.29, 0.717) is 5.01 Å². The molecule has 1 atom stereocenters. The fourth-order valence-electron chi connectivity index (χ4n) is 3.71. The van der Waals surface area contributed by atoms with Crippen molar-refractivity contribution in [1.29, 1.82) is 0 Å². The Morgan fingerprint density at radius 1 is 1.21 bits per heavy atom. The number of rotatable bonds is 3. The zero-order valence-electron chi connectivity index (χ0n) is 15.8. The second-order valence-corrected chi connectivity index (χ2v) is 10.3. The van der Waals surface area contributed by atoms with Crippen molar-refractivity contribution in [2.75, 3.05) is 5.32 Å². The molecule has 0 radical (unpaired) electrons. The first-order valence-corrected chi connectivity index (χ1v) is 11.7. The quantitative estimate of drug-likeness (QED) is 0.701. The van der Waals surface area contributed by atoms with Crippen LogP contribution in [0.4, 0.5) is 10.5 Å². The third-order valence-electron chi connectivity index (χ3n) is 5.01. The van der Waals surface area contributed by atoms with Crippen LogP contribution in [0.15, 0.2) is 14.8 Å². The van der Waals surface area contributed by atoms with Crippen molar-refractivity contribution in [3.8, 4) is 0 Å². The van der Waals surface area contributed by atoms with Gasteiger partial charge in [-0.15, -0.1) is 15.7 Å². The topological polar surface area (TPSA) is 131 Å². The van der Waals surface area contributed by atoms with E-state index in [1.54, 1.807) is 13.8 Å². The summed E-state index contributed by atoms with van der Waals surface area (Å²) in [6.45, 7) is 3.14. The summed E-state index contributed by atoms with van der Waals surface area (Å²) in [7, 11) is -3.51. The van der Waals surface area contributed by atoms with E-state index in [4.69, 9.17) is 10.1 Å². The number of urea groups is 1. The molecule has 150 valence electrons. The summed E-state index contributed by atoms with van der Waals surface area (Å²) in [4.78, 5) is 21.4. The van der Waals surface area contributed by atoms with Gasteiger partial charge in [0.25, 0.3) is 0 Å². The number of aliphatic hydroxyl groups is 1. The van der Waals surface area contributed by atoms with E-state index < -0.39 is 21.5 Å². The first-order valence-electron chi connectivity index (χ1n) is 9.23. The molecule has 2 aliphatic carbocycles. The molecule has 0 bridgehead atoms. The number of anilines is 1. The molecule has 2 aromatic heterocycles. The Hall–Kier alpha value is -1.88. The van der Waals surface area contributed by atoms with Crippen LogP contribution in [0, 0.1) is 0 Å². The second kappa shape index (κ2) is 6.87. The number of amides is 2. The molecule has 28 heavy (non-hydrogen) atoms. The third kappa shape index (κ3) is 3.57. The summed E-state index contributed by atoms with van der Waals surface area (Å²) in [5.74, 6) is 0. The van der Waals surface area contributed by atoms with E-state index in [1.165, 1.54) is 5.38 Å². The van der Waals surface area contributed by atoms with Crippen molar-refractivity contribution in [2.45, 2.75) is 63.0 Å². The van der Waals surface area contributed by atoms with Crippen LogP contribution in [0.3, 0.4) is 0 Å². The van der Waals surface area contributed by atoms with E-state index in [1.807, 2.05) is 0 Å². The van der Waals surface area contributed by atoms with Crippen LogP contribution in [-0.4, -0.2) is 25.3 Å². The van der Waals surface area contributed by atoms with Gasteiger partial charge in [-0.1, -0.05) is 0 Å². The van der Waals surface area contributed by atoms with Crippen LogP contribution in [0.25, 0.3) is 0 Å². The maximum atomic E-state index is 12.8. The third-order valence-corrected chi connectivity index (χ3v) is 7.56. The molecule has 2 amide bonds. The summed E-state index contributed by atoms with van der Waals surface area (Å²) < 4.78 is 16.5. The minimum Gasteiger partial charge on any atom is -0.383 e. The van der Waals surface area contributed by atoms with Gasteiger partial charge < -0.3 is 10.4 Å². The molecule has 0 saturated carbocycles. The van der Waals surface area contributed by atoms with Gasteiger partial charge in [-0.05, 0) is 63.5 Å². The summed E-state index contributed by atoms with van der Waals surface area (Å²) in [6.07, 6.45) is 5.58. The van der Waals surface area contributed by atoms with E-state index in [2.05, 4.69) is 14.7 Å². The fraction of sp³-hybridized carbons (Fsp3) is 0.500. The summed E-state index contributed by atoms with van der Waals surface area (Å²) in [6, 6.07) is -0.750. The second-order valence-electron chi connectivity index (χ2n) is 7.68. The molecule has 0 aliphatic heterocycles. The largest absolute Gasteiger partial charge is 0.383 e. The number of thiazole rings is 1. The lowest BCUT2D eigenvalue weighted by molar-refractivity contribution is 0.0778. The Kier molecular flexibility index (Phi) is 4.77. The van der Waals surface area contributed by atoms with Crippen LogP contribution < -0.4 is 10.5 Å². The van der Waals surface area contributed by atoms with Gasteiger partial charge in [0.15, 0.2) is 14.9 Å². The molecule has 0 unspecified atom stereocenters. The van der Waals surface area contributed by atoms with Crippen molar-refractivity contribution in [1.82, 2.24) is 9.97 Å². The molecule has 0 aromatic carbocycles. The highest BCUT2D eigenvalue weighted by Crippen LogP contribution is 2.36. The highest BCUT2D eigenvalue weighted by Gasteiger charge is 2.27. The number of aryl methyl sites for hydroxylation is 2. The molecule has 8 nitrogen and oxygen atoms in total. The molecule has 4 N–H and O–H groups in total. The summed E-state index contributed by atoms with van der Waals surface area (Å²) in [5.41, 5.74) is 3.79. The molecule has 4 rings (SSSR count). The molecule has 0 spiro atoms. The SMILES string of the molecule is CC(C)(O)c1nc([S@](N)(=O)=NC(=O)Nc2c3c(nc4c2CCC4)CCC3)cs1. The number of hydrogen-bond acceptors (Lipinski definition) is 6. The lowest BCUT2D eigenvalue weighted by Gasteiger charge is -2.14. The Morgan fingerprint density at radius 2 is 1.82 bits per heavy atom. The van der Waals surface area contributed by atoms with Crippen LogP contribution in [0.2, 0.25) is 0 Å². The number of carbonyl (C=O) groups is 1. The zero-order valence-corrected chi connectivity index (χ0v) is 17.5. The molecule has 2 aliphatic rings. The van der Waals surface area contributed by atoms with Crippen molar-refractivity contribution in [3.05, 3.63) is 32.9 Å². The van der Waals surface area contributed by atoms with Gasteiger partial charge in [0.2, 0.25) is 0 Å². The average Bonchev–Trinajstić information content (AvgIpc) is 3.33. The van der Waals surface area contributed by atoms with Crippen molar-refractivity contribution < 1.29 is 14.1 Å². The number of hydrogen-bond donors (Lipinski definition) is 3. The number of nitrogens with one attached hydrogen (secondary N) is 1. The van der Waals surface area contributed by atoms with E-state index in [0.717, 1.165) is 78.1 Å². The van der Waals surface area contributed by atoms with Crippen LogP contribution in [0.5, 0.6) is 0 Å². The summed E-state index contributed by atoms with van der Waals surface area (Å²) in [5, 5.41) is 20.5. The summed E-state index contributed by atoms with van der Waals surface area (Å²) >= 11 is 1.13. The van der Waals surface area contributed by atoms with Crippen molar-refractivity contribution in [3.63, 3.8) is 0 Å². The lowest BCUT2D eigenvalue weighted by Crippen LogP contribution is -2.20. The number of fused-ring (bicyclic) bond motifs is 2. The number of nitrogens with two attached hydrogens (primary N) is 1. The van der Waals surface area contributed by atoms with Crippen LogP contribution in [-0.2, 0) is 41.2 Å². The van der Waals surface area contributed by atoms with Gasteiger partial charge in [0, 0.05) is 16.8 Å². The van der Waals surface area contributed by atoms with Crippen LogP contribution >= 0.6 is 11.3 Å². The maximum Gasteiger partial charge on any atom is 0.354 e. The average molecular weight is 422 g/mol. The molecule has 2 heterocycles. The van der Waals surface area contributed by atoms with Gasteiger partial charge in [-0.25, -0.2) is 19.1 Å². The minimum absolute atomic E-state index is 0.00467. The first kappa shape index (κ1) is 19.4.